The smallest absolute Gasteiger partial charge is 0.320 e. The van der Waals surface area contributed by atoms with Gasteiger partial charge in [-0.1, -0.05) is 18.2 Å². The summed E-state index contributed by atoms with van der Waals surface area (Å²) in [5.41, 5.74) is 0.208. The molecule has 20 heavy (non-hydrogen) atoms. The fourth-order valence-corrected chi connectivity index (χ4v) is 2.67. The number of hydrogen-bond acceptors (Lipinski definition) is 3. The first-order chi connectivity index (χ1) is 9.56. The molecule has 2 N–H and O–H groups in total. The zero-order valence-electron chi connectivity index (χ0n) is 11.2. The minimum absolute atomic E-state index is 0.208. The van der Waals surface area contributed by atoms with E-state index in [0.29, 0.717) is 19.4 Å². The predicted octanol–water partition coefficient (Wildman–Crippen LogP) is 1.16. The highest BCUT2D eigenvalue weighted by molar-refractivity contribution is 5.84. The molecule has 108 valence electrons. The Balaban J connectivity index is 2.41. The standard InChI is InChI=1S/C14H17FN2O3/c1-16-13(18)12(9-5-2-3-6-10(9)15)17-8-4-7-11(17)14(19)20/h2-3,5-6,11-12H,4,7-8H2,1H3,(H,16,18)(H,19,20)/t11-,12+/m0/s1. The van der Waals surface area contributed by atoms with Crippen LogP contribution in [0, 0.1) is 5.82 Å². The Hall–Kier alpha value is -1.95. The van der Waals surface area contributed by atoms with Crippen molar-refractivity contribution < 1.29 is 19.1 Å². The van der Waals surface area contributed by atoms with Gasteiger partial charge in [-0.25, -0.2) is 4.39 Å². The molecule has 0 spiro atoms. The van der Waals surface area contributed by atoms with Gasteiger partial charge >= 0.3 is 5.97 Å². The number of carbonyl (C=O) groups excluding carboxylic acids is 1. The maximum atomic E-state index is 14.0. The summed E-state index contributed by atoms with van der Waals surface area (Å²) in [6.07, 6.45) is 1.15. The Morgan fingerprint density at radius 3 is 2.75 bits per heavy atom. The van der Waals surface area contributed by atoms with Crippen LogP contribution in [0.5, 0.6) is 0 Å². The number of carboxylic acids is 1. The highest BCUT2D eigenvalue weighted by Crippen LogP contribution is 2.31. The van der Waals surface area contributed by atoms with Crippen LogP contribution in [0.3, 0.4) is 0 Å². The molecule has 1 saturated heterocycles. The van der Waals surface area contributed by atoms with E-state index >= 15 is 0 Å². The fourth-order valence-electron chi connectivity index (χ4n) is 2.67. The van der Waals surface area contributed by atoms with E-state index in [1.54, 1.807) is 17.0 Å². The molecule has 1 amide bonds. The molecule has 1 aromatic rings. The number of likely N-dealkylation sites (tertiary alicyclic amines) is 1. The lowest BCUT2D eigenvalue weighted by Gasteiger charge is -2.30. The van der Waals surface area contributed by atoms with Crippen molar-refractivity contribution in [1.29, 1.82) is 0 Å². The maximum absolute atomic E-state index is 14.0. The first-order valence-corrected chi connectivity index (χ1v) is 6.51. The second-order valence-corrected chi connectivity index (χ2v) is 4.77. The number of carboxylic acid groups (broad SMARTS) is 1. The van der Waals surface area contributed by atoms with Gasteiger partial charge < -0.3 is 10.4 Å². The largest absolute Gasteiger partial charge is 0.480 e. The number of hydrogen-bond donors (Lipinski definition) is 2. The molecule has 6 heteroatoms. The minimum atomic E-state index is -0.979. The molecule has 0 radical (unpaired) electrons. The van der Waals surface area contributed by atoms with Crippen LogP contribution in [0.2, 0.25) is 0 Å². The average Bonchev–Trinajstić information content (AvgIpc) is 2.90. The van der Waals surface area contributed by atoms with Crippen LogP contribution in [0.15, 0.2) is 24.3 Å². The molecule has 0 bridgehead atoms. The third-order valence-electron chi connectivity index (χ3n) is 3.61. The van der Waals surface area contributed by atoms with E-state index in [4.69, 9.17) is 0 Å². The van der Waals surface area contributed by atoms with Crippen LogP contribution >= 0.6 is 0 Å². The van der Waals surface area contributed by atoms with Gasteiger partial charge in [0.15, 0.2) is 0 Å². The Kier molecular flexibility index (Phi) is 4.34. The number of nitrogens with one attached hydrogen (secondary N) is 1. The number of nitrogens with zero attached hydrogens (tertiary/aromatic N) is 1. The molecule has 2 atom stereocenters. The van der Waals surface area contributed by atoms with Crippen LogP contribution in [0.25, 0.3) is 0 Å². The molecule has 2 rings (SSSR count). The Bertz CT molecular complexity index is 521. The average molecular weight is 280 g/mol. The van der Waals surface area contributed by atoms with E-state index in [-0.39, 0.29) is 5.56 Å². The van der Waals surface area contributed by atoms with Gasteiger partial charge in [0.2, 0.25) is 5.91 Å². The van der Waals surface area contributed by atoms with Gasteiger partial charge in [-0.05, 0) is 18.9 Å². The predicted molar refractivity (Wildman–Crippen MR) is 70.6 cm³/mol. The van der Waals surface area contributed by atoms with Crippen molar-refractivity contribution >= 4 is 11.9 Å². The van der Waals surface area contributed by atoms with Gasteiger partial charge in [0, 0.05) is 19.2 Å². The quantitative estimate of drug-likeness (QED) is 0.868. The molecule has 5 nitrogen and oxygen atoms in total. The first kappa shape index (κ1) is 14.5. The monoisotopic (exact) mass is 280 g/mol. The lowest BCUT2D eigenvalue weighted by atomic mass is 10.0. The molecule has 1 aliphatic rings. The molecule has 1 aromatic carbocycles. The highest BCUT2D eigenvalue weighted by Gasteiger charge is 2.40. The van der Waals surface area contributed by atoms with Crippen molar-refractivity contribution in [1.82, 2.24) is 10.2 Å². The Morgan fingerprint density at radius 2 is 2.15 bits per heavy atom. The van der Waals surface area contributed by atoms with Crippen molar-refractivity contribution in [2.24, 2.45) is 0 Å². The second kappa shape index (κ2) is 6.00. The molecule has 0 saturated carbocycles. The highest BCUT2D eigenvalue weighted by atomic mass is 19.1. The van der Waals surface area contributed by atoms with Gasteiger partial charge in [0.05, 0.1) is 0 Å². The minimum Gasteiger partial charge on any atom is -0.480 e. The second-order valence-electron chi connectivity index (χ2n) is 4.77. The molecule has 1 aliphatic heterocycles. The van der Waals surface area contributed by atoms with Crippen LogP contribution in [0.1, 0.15) is 24.4 Å². The summed E-state index contributed by atoms with van der Waals surface area (Å²) in [6.45, 7) is 0.462. The molecule has 0 aliphatic carbocycles. The van der Waals surface area contributed by atoms with Crippen molar-refractivity contribution in [2.75, 3.05) is 13.6 Å². The molecule has 1 heterocycles. The van der Waals surface area contributed by atoms with E-state index < -0.39 is 29.8 Å². The van der Waals surface area contributed by atoms with Crippen molar-refractivity contribution in [3.05, 3.63) is 35.6 Å². The van der Waals surface area contributed by atoms with Gasteiger partial charge in [-0.2, -0.15) is 0 Å². The Morgan fingerprint density at radius 1 is 1.45 bits per heavy atom. The van der Waals surface area contributed by atoms with Gasteiger partial charge in [-0.15, -0.1) is 0 Å². The van der Waals surface area contributed by atoms with Crippen LogP contribution in [-0.4, -0.2) is 41.5 Å². The topological polar surface area (TPSA) is 69.6 Å². The van der Waals surface area contributed by atoms with Gasteiger partial charge in [0.1, 0.15) is 17.9 Å². The first-order valence-electron chi connectivity index (χ1n) is 6.51. The normalized spacial score (nSPS) is 20.6. The van der Waals surface area contributed by atoms with Crippen molar-refractivity contribution in [2.45, 2.75) is 24.9 Å². The molecule has 0 aromatic heterocycles. The molecule has 1 fully saturated rings. The zero-order valence-corrected chi connectivity index (χ0v) is 11.2. The van der Waals surface area contributed by atoms with E-state index in [1.807, 2.05) is 0 Å². The van der Waals surface area contributed by atoms with Crippen LogP contribution < -0.4 is 5.32 Å². The third-order valence-corrected chi connectivity index (χ3v) is 3.61. The van der Waals surface area contributed by atoms with Crippen LogP contribution in [-0.2, 0) is 9.59 Å². The summed E-state index contributed by atoms with van der Waals surface area (Å²) >= 11 is 0. The van der Waals surface area contributed by atoms with Gasteiger partial charge in [0.25, 0.3) is 0 Å². The summed E-state index contributed by atoms with van der Waals surface area (Å²) < 4.78 is 14.0. The zero-order chi connectivity index (χ0) is 14.7. The van der Waals surface area contributed by atoms with Crippen molar-refractivity contribution in [3.63, 3.8) is 0 Å². The van der Waals surface area contributed by atoms with E-state index in [9.17, 15) is 19.1 Å². The number of amides is 1. The summed E-state index contributed by atoms with van der Waals surface area (Å²) in [5.74, 6) is -1.88. The number of likely N-dealkylation sites (N-methyl/N-ethyl adjacent to an activating group) is 1. The van der Waals surface area contributed by atoms with E-state index in [2.05, 4.69) is 5.32 Å². The number of aliphatic carboxylic acids is 1. The number of rotatable bonds is 4. The maximum Gasteiger partial charge on any atom is 0.320 e. The fraction of sp³-hybridized carbons (Fsp3) is 0.429. The molecule has 0 unspecified atom stereocenters. The number of carbonyl (C=O) groups is 2. The van der Waals surface area contributed by atoms with Crippen molar-refractivity contribution in [3.8, 4) is 0 Å². The lowest BCUT2D eigenvalue weighted by Crippen LogP contribution is -2.45. The lowest BCUT2D eigenvalue weighted by molar-refractivity contribution is -0.144. The summed E-state index contributed by atoms with van der Waals surface area (Å²) in [7, 11) is 1.46. The molecular formula is C14H17FN2O3. The van der Waals surface area contributed by atoms with Crippen LogP contribution in [0.4, 0.5) is 4.39 Å². The third kappa shape index (κ3) is 2.65. The number of benzene rings is 1. The van der Waals surface area contributed by atoms with Gasteiger partial charge in [-0.3, -0.25) is 14.5 Å². The molecular weight excluding hydrogens is 263 g/mol. The van der Waals surface area contributed by atoms with E-state index in [1.165, 1.54) is 19.2 Å². The SMILES string of the molecule is CNC(=O)[C@@H](c1ccccc1F)N1CCC[C@H]1C(=O)O. The summed E-state index contributed by atoms with van der Waals surface area (Å²) in [4.78, 5) is 24.9. The Labute approximate surface area is 116 Å². The number of halogens is 1. The van der Waals surface area contributed by atoms with E-state index in [0.717, 1.165) is 0 Å². The summed E-state index contributed by atoms with van der Waals surface area (Å²) in [6, 6.07) is 4.31. The summed E-state index contributed by atoms with van der Waals surface area (Å²) in [5, 5.41) is 11.7.